The van der Waals surface area contributed by atoms with E-state index in [0.717, 1.165) is 43.1 Å². The van der Waals surface area contributed by atoms with Gasteiger partial charge in [-0.25, -0.2) is 15.0 Å². The summed E-state index contributed by atoms with van der Waals surface area (Å²) in [7, 11) is 3.61. The van der Waals surface area contributed by atoms with Gasteiger partial charge < -0.3 is 10.2 Å². The summed E-state index contributed by atoms with van der Waals surface area (Å²) in [6, 6.07) is 6.08. The number of anilines is 2. The van der Waals surface area contributed by atoms with Gasteiger partial charge in [-0.1, -0.05) is 0 Å². The summed E-state index contributed by atoms with van der Waals surface area (Å²) in [5, 5.41) is 3.22. The lowest BCUT2D eigenvalue weighted by Gasteiger charge is -2.33. The Kier molecular flexibility index (Phi) is 6.01. The van der Waals surface area contributed by atoms with Crippen molar-refractivity contribution in [3.63, 3.8) is 0 Å². The summed E-state index contributed by atoms with van der Waals surface area (Å²) in [6.07, 6.45) is 4.04. The molecule has 7 nitrogen and oxygen atoms in total. The van der Waals surface area contributed by atoms with Crippen molar-refractivity contribution in [3.05, 3.63) is 41.3 Å². The van der Waals surface area contributed by atoms with Crippen LogP contribution in [-0.2, 0) is 4.79 Å². The Morgan fingerprint density at radius 1 is 1.26 bits per heavy atom. The fourth-order valence-electron chi connectivity index (χ4n) is 3.47. The van der Waals surface area contributed by atoms with E-state index >= 15 is 0 Å². The normalized spacial score (nSPS) is 17.6. The molecule has 1 amide bonds. The Bertz CT molecular complexity index is 787. The molecule has 27 heavy (non-hydrogen) atoms. The lowest BCUT2D eigenvalue weighted by Crippen LogP contribution is -2.41. The first-order chi connectivity index (χ1) is 12.9. The highest BCUT2D eigenvalue weighted by atomic mass is 16.2. The van der Waals surface area contributed by atoms with E-state index in [2.05, 4.69) is 37.3 Å². The predicted octanol–water partition coefficient (Wildman–Crippen LogP) is 2.50. The molecule has 1 atom stereocenters. The molecule has 1 aliphatic heterocycles. The molecule has 0 aliphatic carbocycles. The van der Waals surface area contributed by atoms with Gasteiger partial charge in [-0.05, 0) is 62.9 Å². The minimum absolute atomic E-state index is 0.153. The average Bonchev–Trinajstić information content (AvgIpc) is 2.61. The molecular formula is C20H28N6O. The van der Waals surface area contributed by atoms with Gasteiger partial charge >= 0.3 is 0 Å². The molecule has 1 aliphatic rings. The van der Waals surface area contributed by atoms with Crippen LogP contribution in [0.25, 0.3) is 0 Å². The van der Waals surface area contributed by atoms with Crippen LogP contribution in [0.3, 0.4) is 0 Å². The van der Waals surface area contributed by atoms with Crippen molar-refractivity contribution in [2.45, 2.75) is 32.6 Å². The monoisotopic (exact) mass is 368 g/mol. The molecule has 2 aromatic heterocycles. The summed E-state index contributed by atoms with van der Waals surface area (Å²) >= 11 is 0. The van der Waals surface area contributed by atoms with Crippen LogP contribution in [0, 0.1) is 13.8 Å². The van der Waals surface area contributed by atoms with Crippen molar-refractivity contribution >= 4 is 17.7 Å². The van der Waals surface area contributed by atoms with Crippen LogP contribution in [0.4, 0.5) is 11.8 Å². The Hall–Kier alpha value is -2.54. The van der Waals surface area contributed by atoms with Crippen LogP contribution in [0.15, 0.2) is 24.4 Å². The number of likely N-dealkylation sites (N-methyl/N-ethyl adjacent to an activating group) is 1. The van der Waals surface area contributed by atoms with Crippen LogP contribution >= 0.6 is 0 Å². The minimum atomic E-state index is 0.153. The van der Waals surface area contributed by atoms with E-state index in [1.165, 1.54) is 5.56 Å². The Labute approximate surface area is 160 Å². The van der Waals surface area contributed by atoms with E-state index in [-0.39, 0.29) is 5.91 Å². The number of hydrogen-bond donors (Lipinski definition) is 1. The summed E-state index contributed by atoms with van der Waals surface area (Å²) < 4.78 is 0. The average molecular weight is 368 g/mol. The number of pyridine rings is 1. The van der Waals surface area contributed by atoms with Crippen molar-refractivity contribution in [2.75, 3.05) is 39.0 Å². The molecule has 1 saturated heterocycles. The van der Waals surface area contributed by atoms with E-state index in [4.69, 9.17) is 0 Å². The lowest BCUT2D eigenvalue weighted by molar-refractivity contribution is -0.130. The first-order valence-electron chi connectivity index (χ1n) is 9.38. The highest BCUT2D eigenvalue weighted by Crippen LogP contribution is 2.28. The Morgan fingerprint density at radius 3 is 2.70 bits per heavy atom. The van der Waals surface area contributed by atoms with Crippen molar-refractivity contribution in [1.29, 1.82) is 0 Å². The number of likely N-dealkylation sites (tertiary alicyclic amines) is 1. The first kappa shape index (κ1) is 19.2. The van der Waals surface area contributed by atoms with Crippen LogP contribution in [0.2, 0.25) is 0 Å². The second-order valence-electron chi connectivity index (χ2n) is 7.44. The Balaban J connectivity index is 1.70. The Morgan fingerprint density at radius 2 is 2.00 bits per heavy atom. The minimum Gasteiger partial charge on any atom is -0.348 e. The van der Waals surface area contributed by atoms with E-state index < -0.39 is 0 Å². The predicted molar refractivity (Wildman–Crippen MR) is 106 cm³/mol. The van der Waals surface area contributed by atoms with Crippen molar-refractivity contribution < 1.29 is 4.79 Å². The van der Waals surface area contributed by atoms with Crippen LogP contribution in [0.1, 0.15) is 35.7 Å². The zero-order valence-corrected chi connectivity index (χ0v) is 16.6. The molecule has 0 bridgehead atoms. The third kappa shape index (κ3) is 5.23. The number of nitrogens with zero attached hydrogens (tertiary/aromatic N) is 5. The molecule has 0 radical (unpaired) electrons. The second kappa shape index (κ2) is 8.43. The van der Waals surface area contributed by atoms with Crippen LogP contribution < -0.4 is 5.32 Å². The number of carbonyl (C=O) groups excluding carboxylic acids is 1. The first-order valence-corrected chi connectivity index (χ1v) is 9.38. The molecule has 1 unspecified atom stereocenters. The molecule has 3 rings (SSSR count). The number of piperidine rings is 1. The van der Waals surface area contributed by atoms with Gasteiger partial charge in [0.05, 0.1) is 6.54 Å². The SMILES string of the molecule is Cc1cc(C)nc(Nc2cc(C3CCCN(CC(=O)N(C)C)C3)ccn2)n1. The third-order valence-electron chi connectivity index (χ3n) is 4.84. The summed E-state index contributed by atoms with van der Waals surface area (Å²) in [6.45, 7) is 6.26. The lowest BCUT2D eigenvalue weighted by atomic mass is 9.91. The van der Waals surface area contributed by atoms with E-state index in [1.54, 1.807) is 19.0 Å². The molecule has 0 saturated carbocycles. The second-order valence-corrected chi connectivity index (χ2v) is 7.44. The van der Waals surface area contributed by atoms with Gasteiger partial charge in [0, 0.05) is 38.2 Å². The fraction of sp³-hybridized carbons (Fsp3) is 0.500. The maximum absolute atomic E-state index is 12.0. The number of amides is 1. The summed E-state index contributed by atoms with van der Waals surface area (Å²) in [4.78, 5) is 29.2. The number of nitrogens with one attached hydrogen (secondary N) is 1. The highest BCUT2D eigenvalue weighted by Gasteiger charge is 2.23. The molecule has 3 heterocycles. The highest BCUT2D eigenvalue weighted by molar-refractivity contribution is 5.77. The topological polar surface area (TPSA) is 74.2 Å². The molecule has 2 aromatic rings. The smallest absolute Gasteiger partial charge is 0.236 e. The van der Waals surface area contributed by atoms with Gasteiger partial charge in [0.25, 0.3) is 0 Å². The zero-order chi connectivity index (χ0) is 19.4. The van der Waals surface area contributed by atoms with E-state index in [1.807, 2.05) is 26.1 Å². The molecule has 0 aromatic carbocycles. The van der Waals surface area contributed by atoms with Gasteiger partial charge in [-0.2, -0.15) is 0 Å². The molecule has 1 N–H and O–H groups in total. The summed E-state index contributed by atoms with van der Waals surface area (Å²) in [5.74, 6) is 1.87. The van der Waals surface area contributed by atoms with Crippen molar-refractivity contribution in [3.8, 4) is 0 Å². The van der Waals surface area contributed by atoms with Gasteiger partial charge in [-0.15, -0.1) is 0 Å². The zero-order valence-electron chi connectivity index (χ0n) is 16.6. The summed E-state index contributed by atoms with van der Waals surface area (Å²) in [5.41, 5.74) is 3.09. The molecule has 1 fully saturated rings. The van der Waals surface area contributed by atoms with E-state index in [9.17, 15) is 4.79 Å². The van der Waals surface area contributed by atoms with Gasteiger partial charge in [0.1, 0.15) is 5.82 Å². The standard InChI is InChI=1S/C20H28N6O/c1-14-10-15(2)23-20(22-14)24-18-11-16(7-8-21-18)17-6-5-9-26(12-17)13-19(27)25(3)4/h7-8,10-11,17H,5-6,9,12-13H2,1-4H3,(H,21,22,23,24). The molecule has 7 heteroatoms. The number of aromatic nitrogens is 3. The van der Waals surface area contributed by atoms with Crippen LogP contribution in [0.5, 0.6) is 0 Å². The largest absolute Gasteiger partial charge is 0.348 e. The molecular weight excluding hydrogens is 340 g/mol. The maximum atomic E-state index is 12.0. The molecule has 144 valence electrons. The quantitative estimate of drug-likeness (QED) is 0.874. The fourth-order valence-corrected chi connectivity index (χ4v) is 3.47. The number of hydrogen-bond acceptors (Lipinski definition) is 6. The number of aryl methyl sites for hydroxylation is 2. The third-order valence-corrected chi connectivity index (χ3v) is 4.84. The van der Waals surface area contributed by atoms with Crippen molar-refractivity contribution in [1.82, 2.24) is 24.8 Å². The molecule has 0 spiro atoms. The van der Waals surface area contributed by atoms with E-state index in [0.29, 0.717) is 18.4 Å². The number of carbonyl (C=O) groups is 1. The van der Waals surface area contributed by atoms with Gasteiger partial charge in [0.2, 0.25) is 11.9 Å². The van der Waals surface area contributed by atoms with Gasteiger partial charge in [-0.3, -0.25) is 9.69 Å². The maximum Gasteiger partial charge on any atom is 0.236 e. The van der Waals surface area contributed by atoms with Gasteiger partial charge in [0.15, 0.2) is 0 Å². The van der Waals surface area contributed by atoms with Crippen LogP contribution in [-0.4, -0.2) is 64.4 Å². The van der Waals surface area contributed by atoms with Crippen molar-refractivity contribution in [2.24, 2.45) is 0 Å². The number of rotatable bonds is 5.